The number of hydrogen-bond donors (Lipinski definition) is 1. The molecular weight excluding hydrogens is 496 g/mol. The summed E-state index contributed by atoms with van der Waals surface area (Å²) >= 11 is 0. The van der Waals surface area contributed by atoms with Crippen LogP contribution in [0, 0.1) is 13.8 Å². The van der Waals surface area contributed by atoms with Crippen LogP contribution in [0.25, 0.3) is 11.4 Å². The lowest BCUT2D eigenvalue weighted by Crippen LogP contribution is -2.35. The molecule has 1 atom stereocenters. The number of rotatable bonds is 11. The molecule has 39 heavy (non-hydrogen) atoms. The maximum Gasteiger partial charge on any atom is 0.295 e. The number of aliphatic hydroxyl groups is 1. The number of carbonyl (C=O) groups is 2. The van der Waals surface area contributed by atoms with E-state index in [1.54, 1.807) is 6.07 Å². The molecule has 3 heterocycles. The van der Waals surface area contributed by atoms with E-state index in [9.17, 15) is 14.7 Å². The van der Waals surface area contributed by atoms with Gasteiger partial charge in [-0.2, -0.15) is 0 Å². The predicted molar refractivity (Wildman–Crippen MR) is 150 cm³/mol. The fraction of sp³-hybridized carbons (Fsp3) is 0.433. The van der Waals surface area contributed by atoms with Crippen LogP contribution in [0.1, 0.15) is 55.2 Å². The van der Waals surface area contributed by atoms with Crippen molar-refractivity contribution in [2.24, 2.45) is 0 Å². The Bertz CT molecular complexity index is 1410. The lowest BCUT2D eigenvalue weighted by Gasteiger charge is -2.27. The second-order valence-corrected chi connectivity index (χ2v) is 10.1. The van der Waals surface area contributed by atoms with Crippen molar-refractivity contribution in [1.29, 1.82) is 0 Å². The maximum atomic E-state index is 13.5. The van der Waals surface area contributed by atoms with Gasteiger partial charge in [-0.05, 0) is 70.6 Å². The fourth-order valence-electron chi connectivity index (χ4n) is 4.85. The van der Waals surface area contributed by atoms with Crippen LogP contribution < -0.4 is 9.47 Å². The number of likely N-dealkylation sites (tertiary alicyclic amines) is 1. The van der Waals surface area contributed by atoms with Crippen molar-refractivity contribution in [1.82, 2.24) is 19.2 Å². The van der Waals surface area contributed by atoms with E-state index in [-0.39, 0.29) is 17.0 Å². The van der Waals surface area contributed by atoms with Crippen molar-refractivity contribution in [3.63, 3.8) is 0 Å². The molecule has 1 fully saturated rings. The number of Topliss-reactive ketones (excluding diaryl/α,β-unsaturated/α-hetero) is 1. The molecule has 1 aliphatic rings. The summed E-state index contributed by atoms with van der Waals surface area (Å²) in [4.78, 5) is 35.0. The first kappa shape index (κ1) is 28.2. The molecule has 0 saturated carbocycles. The van der Waals surface area contributed by atoms with Gasteiger partial charge in [0.25, 0.3) is 11.7 Å². The summed E-state index contributed by atoms with van der Waals surface area (Å²) in [5.41, 5.74) is 3.25. The van der Waals surface area contributed by atoms with Gasteiger partial charge in [-0.25, -0.2) is 4.98 Å². The van der Waals surface area contributed by atoms with Crippen molar-refractivity contribution in [3.05, 3.63) is 64.6 Å². The molecule has 1 aromatic carbocycles. The molecule has 1 saturated heterocycles. The molecule has 1 unspecified atom stereocenters. The van der Waals surface area contributed by atoms with E-state index >= 15 is 0 Å². The first-order valence-corrected chi connectivity index (χ1v) is 13.5. The number of imidazole rings is 1. The zero-order valence-corrected chi connectivity index (χ0v) is 23.7. The molecule has 1 amide bonds. The van der Waals surface area contributed by atoms with Crippen LogP contribution in [0.5, 0.6) is 11.5 Å². The number of likely N-dealkylation sites (N-methyl/N-ethyl adjacent to an activating group) is 1. The molecule has 3 aromatic rings. The second-order valence-electron chi connectivity index (χ2n) is 10.1. The van der Waals surface area contributed by atoms with Gasteiger partial charge in [0.1, 0.15) is 11.3 Å². The number of pyridine rings is 1. The van der Waals surface area contributed by atoms with Gasteiger partial charge in [-0.15, -0.1) is 0 Å². The minimum atomic E-state index is -0.806. The van der Waals surface area contributed by atoms with Crippen molar-refractivity contribution in [2.45, 2.75) is 46.6 Å². The molecule has 0 spiro atoms. The number of fused-ring (bicyclic) bond motifs is 1. The number of nitrogens with zero attached hydrogens (tertiary/aromatic N) is 4. The van der Waals surface area contributed by atoms with Crippen LogP contribution >= 0.6 is 0 Å². The number of unbranched alkanes of at least 4 members (excludes halogenated alkanes) is 1. The van der Waals surface area contributed by atoms with Crippen LogP contribution in [0.3, 0.4) is 0 Å². The van der Waals surface area contributed by atoms with Gasteiger partial charge in [0.15, 0.2) is 17.3 Å². The first-order chi connectivity index (χ1) is 18.7. The van der Waals surface area contributed by atoms with Gasteiger partial charge in [0.2, 0.25) is 0 Å². The molecule has 208 valence electrons. The van der Waals surface area contributed by atoms with Gasteiger partial charge in [-0.3, -0.25) is 9.59 Å². The average Bonchev–Trinajstić information content (AvgIpc) is 3.38. The van der Waals surface area contributed by atoms with Crippen molar-refractivity contribution < 1.29 is 24.2 Å². The summed E-state index contributed by atoms with van der Waals surface area (Å²) in [6, 6.07) is 8.47. The molecule has 0 aliphatic carbocycles. The van der Waals surface area contributed by atoms with Crippen molar-refractivity contribution in [2.75, 3.05) is 40.4 Å². The number of carbonyl (C=O) groups excluding carboxylic acids is 2. The second kappa shape index (κ2) is 11.9. The van der Waals surface area contributed by atoms with E-state index in [4.69, 9.17) is 9.47 Å². The third kappa shape index (κ3) is 5.49. The quantitative estimate of drug-likeness (QED) is 0.167. The summed E-state index contributed by atoms with van der Waals surface area (Å²) in [6.07, 6.45) is 3.78. The number of amides is 1. The summed E-state index contributed by atoms with van der Waals surface area (Å²) in [5.74, 6) is -0.532. The third-order valence-electron chi connectivity index (χ3n) is 6.98. The summed E-state index contributed by atoms with van der Waals surface area (Å²) in [7, 11) is 3.81. The molecular formula is C30H38N4O5. The van der Waals surface area contributed by atoms with E-state index < -0.39 is 17.7 Å². The molecule has 0 radical (unpaired) electrons. The smallest absolute Gasteiger partial charge is 0.295 e. The SMILES string of the molecule is CCCCOc1ccc(C2C(=C(O)c3nc4c(C)cccn4c3C)C(=O)C(=O)N2CCN(C)C)cc1OCC. The topological polar surface area (TPSA) is 96.6 Å². The summed E-state index contributed by atoms with van der Waals surface area (Å²) in [5, 5.41) is 11.6. The monoisotopic (exact) mass is 534 g/mol. The number of ketones is 1. The van der Waals surface area contributed by atoms with Gasteiger partial charge in [0, 0.05) is 19.3 Å². The van der Waals surface area contributed by atoms with Gasteiger partial charge in [0.05, 0.1) is 30.5 Å². The number of benzene rings is 1. The van der Waals surface area contributed by atoms with Crippen LogP contribution in [0.2, 0.25) is 0 Å². The predicted octanol–water partition coefficient (Wildman–Crippen LogP) is 4.51. The van der Waals surface area contributed by atoms with Crippen LogP contribution in [-0.2, 0) is 9.59 Å². The number of hydrogen-bond acceptors (Lipinski definition) is 7. The molecule has 4 rings (SSSR count). The highest BCUT2D eigenvalue weighted by atomic mass is 16.5. The molecule has 1 N–H and O–H groups in total. The lowest BCUT2D eigenvalue weighted by molar-refractivity contribution is -0.140. The Balaban J connectivity index is 1.88. The number of aryl methyl sites for hydroxylation is 2. The van der Waals surface area contributed by atoms with Crippen LogP contribution in [-0.4, -0.2) is 76.4 Å². The molecule has 2 aromatic heterocycles. The molecule has 0 bridgehead atoms. The highest BCUT2D eigenvalue weighted by Crippen LogP contribution is 2.42. The number of aliphatic hydroxyl groups excluding tert-OH is 1. The fourth-order valence-corrected chi connectivity index (χ4v) is 4.85. The van der Waals surface area contributed by atoms with E-state index in [1.165, 1.54) is 4.90 Å². The number of ether oxygens (including phenoxy) is 2. The summed E-state index contributed by atoms with van der Waals surface area (Å²) in [6.45, 7) is 9.59. The Kier molecular flexibility index (Phi) is 8.60. The Morgan fingerprint density at radius 3 is 2.54 bits per heavy atom. The highest BCUT2D eigenvalue weighted by Gasteiger charge is 2.46. The average molecular weight is 535 g/mol. The Morgan fingerprint density at radius 1 is 1.10 bits per heavy atom. The summed E-state index contributed by atoms with van der Waals surface area (Å²) < 4.78 is 13.7. The molecule has 1 aliphatic heterocycles. The van der Waals surface area contributed by atoms with Gasteiger partial charge >= 0.3 is 0 Å². The van der Waals surface area contributed by atoms with Crippen molar-refractivity contribution >= 4 is 23.1 Å². The zero-order chi connectivity index (χ0) is 28.3. The van der Waals surface area contributed by atoms with Crippen molar-refractivity contribution in [3.8, 4) is 11.5 Å². The van der Waals surface area contributed by atoms with E-state index in [2.05, 4.69) is 11.9 Å². The third-order valence-corrected chi connectivity index (χ3v) is 6.98. The first-order valence-electron chi connectivity index (χ1n) is 13.5. The van der Waals surface area contributed by atoms with Gasteiger partial charge < -0.3 is 28.8 Å². The molecule has 9 nitrogen and oxygen atoms in total. The van der Waals surface area contributed by atoms with E-state index in [0.717, 1.165) is 18.4 Å². The lowest BCUT2D eigenvalue weighted by atomic mass is 9.96. The van der Waals surface area contributed by atoms with Crippen LogP contribution in [0.15, 0.2) is 42.1 Å². The Hall–Kier alpha value is -3.85. The number of aromatic nitrogens is 2. The Labute approximate surface area is 229 Å². The van der Waals surface area contributed by atoms with Crippen LogP contribution in [0.4, 0.5) is 0 Å². The largest absolute Gasteiger partial charge is 0.505 e. The Morgan fingerprint density at radius 2 is 1.87 bits per heavy atom. The van der Waals surface area contributed by atoms with E-state index in [1.807, 2.05) is 74.6 Å². The minimum Gasteiger partial charge on any atom is -0.505 e. The zero-order valence-electron chi connectivity index (χ0n) is 23.7. The maximum absolute atomic E-state index is 13.5. The highest BCUT2D eigenvalue weighted by molar-refractivity contribution is 6.46. The standard InChI is InChI=1S/C30H38N4O5/c1-7-9-17-39-22-13-12-21(18-23(22)38-8-2)26-24(28(36)30(37)34(26)16-15-32(5)6)27(35)25-20(4)33-14-10-11-19(3)29(33)31-25/h10-14,18,26,35H,7-9,15-17H2,1-6H3. The van der Waals surface area contributed by atoms with E-state index in [0.29, 0.717) is 54.7 Å². The minimum absolute atomic E-state index is 0.0185. The van der Waals surface area contributed by atoms with Gasteiger partial charge in [-0.1, -0.05) is 25.5 Å². The normalized spacial score (nSPS) is 17.0. The molecule has 9 heteroatoms.